The van der Waals surface area contributed by atoms with Gasteiger partial charge in [-0.15, -0.1) is 0 Å². The average molecular weight is 324 g/mol. The molecule has 1 fully saturated rings. The van der Waals surface area contributed by atoms with Crippen molar-refractivity contribution in [2.45, 2.75) is 32.7 Å². The molecule has 0 aliphatic carbocycles. The molecule has 1 aliphatic heterocycles. The molecule has 0 radical (unpaired) electrons. The third kappa shape index (κ3) is 2.48. The van der Waals surface area contributed by atoms with Crippen molar-refractivity contribution in [2.24, 2.45) is 0 Å². The molecule has 24 heavy (non-hydrogen) atoms. The number of anilines is 1. The summed E-state index contributed by atoms with van der Waals surface area (Å²) < 4.78 is 7.24. The van der Waals surface area contributed by atoms with E-state index in [1.165, 1.54) is 0 Å². The molecule has 0 atom stereocenters. The third-order valence-electron chi connectivity index (χ3n) is 4.57. The van der Waals surface area contributed by atoms with E-state index in [1.807, 2.05) is 29.9 Å². The van der Waals surface area contributed by atoms with E-state index in [9.17, 15) is 4.79 Å². The van der Waals surface area contributed by atoms with Crippen LogP contribution >= 0.6 is 0 Å². The first-order valence-electron chi connectivity index (χ1n) is 8.43. The van der Waals surface area contributed by atoms with Crippen molar-refractivity contribution >= 4 is 22.5 Å². The molecule has 124 valence electrons. The van der Waals surface area contributed by atoms with Gasteiger partial charge in [-0.3, -0.25) is 4.79 Å². The van der Waals surface area contributed by atoms with Crippen LogP contribution in [0.2, 0.25) is 0 Å². The summed E-state index contributed by atoms with van der Waals surface area (Å²) in [4.78, 5) is 19.2. The van der Waals surface area contributed by atoms with Crippen LogP contribution in [0.25, 0.3) is 11.0 Å². The van der Waals surface area contributed by atoms with Crippen LogP contribution in [-0.2, 0) is 6.54 Å². The number of nitrogens with zero attached hydrogens (tertiary/aromatic N) is 4. The zero-order valence-corrected chi connectivity index (χ0v) is 13.7. The highest BCUT2D eigenvalue weighted by Crippen LogP contribution is 2.33. The second-order valence-corrected chi connectivity index (χ2v) is 6.11. The molecule has 4 rings (SSSR count). The number of Topliss-reactive ketones (excluding diaryl/α,β-unsaturated/α-hetero) is 1. The molecule has 0 unspecified atom stereocenters. The maximum atomic E-state index is 12.4. The van der Waals surface area contributed by atoms with Gasteiger partial charge in [-0.1, -0.05) is 6.92 Å². The fraction of sp³-hybridized carbons (Fsp3) is 0.389. The molecule has 6 nitrogen and oxygen atoms in total. The van der Waals surface area contributed by atoms with Crippen molar-refractivity contribution in [1.29, 1.82) is 0 Å². The molecule has 6 heteroatoms. The summed E-state index contributed by atoms with van der Waals surface area (Å²) >= 11 is 0. The van der Waals surface area contributed by atoms with E-state index in [0.717, 1.165) is 48.4 Å². The van der Waals surface area contributed by atoms with Gasteiger partial charge < -0.3 is 9.32 Å². The molecule has 0 bridgehead atoms. The number of furan rings is 1. The van der Waals surface area contributed by atoms with Gasteiger partial charge in [-0.2, -0.15) is 5.10 Å². The molecule has 0 amide bonds. The fourth-order valence-corrected chi connectivity index (χ4v) is 3.36. The van der Waals surface area contributed by atoms with E-state index in [4.69, 9.17) is 4.42 Å². The van der Waals surface area contributed by atoms with E-state index in [1.54, 1.807) is 12.5 Å². The summed E-state index contributed by atoms with van der Waals surface area (Å²) in [5, 5.41) is 5.43. The van der Waals surface area contributed by atoms with Crippen LogP contribution in [0.5, 0.6) is 0 Å². The predicted molar refractivity (Wildman–Crippen MR) is 91.4 cm³/mol. The Bertz CT molecular complexity index is 861. The van der Waals surface area contributed by atoms with Gasteiger partial charge >= 0.3 is 0 Å². The minimum Gasteiger partial charge on any atom is -0.467 e. The first-order chi connectivity index (χ1) is 11.8. The quantitative estimate of drug-likeness (QED) is 0.674. The Hall–Kier alpha value is -2.63. The normalized spacial score (nSPS) is 14.6. The summed E-state index contributed by atoms with van der Waals surface area (Å²) in [7, 11) is 0. The Morgan fingerprint density at radius 2 is 2.12 bits per heavy atom. The Balaban J connectivity index is 1.84. The molecular formula is C18H20N4O2. The van der Waals surface area contributed by atoms with Crippen LogP contribution in [0.4, 0.5) is 5.69 Å². The molecule has 1 saturated heterocycles. The van der Waals surface area contributed by atoms with Crippen molar-refractivity contribution in [3.63, 3.8) is 0 Å². The lowest BCUT2D eigenvalue weighted by molar-refractivity contribution is 0.0988. The fourth-order valence-electron chi connectivity index (χ4n) is 3.36. The Labute approximate surface area is 140 Å². The molecule has 0 aromatic carbocycles. The largest absolute Gasteiger partial charge is 0.467 e. The number of aromatic nitrogens is 3. The maximum absolute atomic E-state index is 12.4. The zero-order valence-electron chi connectivity index (χ0n) is 13.7. The smallest absolute Gasteiger partial charge is 0.166 e. The highest BCUT2D eigenvalue weighted by Gasteiger charge is 2.24. The second kappa shape index (κ2) is 6.11. The number of hydrogen-bond donors (Lipinski definition) is 0. The van der Waals surface area contributed by atoms with E-state index >= 15 is 0 Å². The van der Waals surface area contributed by atoms with Gasteiger partial charge in [0.2, 0.25) is 0 Å². The number of carbonyl (C=O) groups excluding carboxylic acids is 1. The highest BCUT2D eigenvalue weighted by molar-refractivity contribution is 6.07. The van der Waals surface area contributed by atoms with Gasteiger partial charge in [0, 0.05) is 25.7 Å². The zero-order chi connectivity index (χ0) is 16.5. The molecular weight excluding hydrogens is 304 g/mol. The standard InChI is InChI=1S/C18H20N4O2/c1-2-16(23)14-10-19-18-15(17(14)21-7-3-4-8-21)11-20-22(18)12-13-6-5-9-24-13/h5-6,9-11H,2-4,7-8,12H2,1H3. The van der Waals surface area contributed by atoms with Crippen LogP contribution in [0.1, 0.15) is 42.3 Å². The van der Waals surface area contributed by atoms with E-state index < -0.39 is 0 Å². The van der Waals surface area contributed by atoms with Crippen LogP contribution in [-0.4, -0.2) is 33.6 Å². The van der Waals surface area contributed by atoms with Crippen LogP contribution < -0.4 is 4.90 Å². The molecule has 3 aromatic rings. The van der Waals surface area contributed by atoms with Crippen LogP contribution in [0.15, 0.2) is 35.2 Å². The average Bonchev–Trinajstić information content (AvgIpc) is 3.36. The number of ketones is 1. The van der Waals surface area contributed by atoms with Gasteiger partial charge in [-0.25, -0.2) is 9.67 Å². The topological polar surface area (TPSA) is 64.2 Å². The minimum absolute atomic E-state index is 0.130. The molecule has 3 aromatic heterocycles. The van der Waals surface area contributed by atoms with E-state index in [0.29, 0.717) is 18.5 Å². The molecule has 4 heterocycles. The number of carbonyl (C=O) groups is 1. The molecule has 0 saturated carbocycles. The highest BCUT2D eigenvalue weighted by atomic mass is 16.3. The lowest BCUT2D eigenvalue weighted by Gasteiger charge is -2.21. The van der Waals surface area contributed by atoms with Crippen molar-refractivity contribution in [3.05, 3.63) is 42.1 Å². The number of pyridine rings is 1. The van der Waals surface area contributed by atoms with Gasteiger partial charge in [0.05, 0.1) is 29.1 Å². The first kappa shape index (κ1) is 14.9. The summed E-state index contributed by atoms with van der Waals surface area (Å²) in [5.74, 6) is 0.961. The molecule has 0 spiro atoms. The van der Waals surface area contributed by atoms with Crippen molar-refractivity contribution in [2.75, 3.05) is 18.0 Å². The molecule has 0 N–H and O–H groups in total. The lowest BCUT2D eigenvalue weighted by atomic mass is 10.1. The Morgan fingerprint density at radius 3 is 2.83 bits per heavy atom. The maximum Gasteiger partial charge on any atom is 0.166 e. The summed E-state index contributed by atoms with van der Waals surface area (Å²) in [5.41, 5.74) is 2.50. The monoisotopic (exact) mass is 324 g/mol. The van der Waals surface area contributed by atoms with Crippen LogP contribution in [0, 0.1) is 0 Å². The van der Waals surface area contributed by atoms with Crippen LogP contribution in [0.3, 0.4) is 0 Å². The van der Waals surface area contributed by atoms with Gasteiger partial charge in [0.15, 0.2) is 11.4 Å². The van der Waals surface area contributed by atoms with Crippen molar-refractivity contribution in [1.82, 2.24) is 14.8 Å². The lowest BCUT2D eigenvalue weighted by Crippen LogP contribution is -2.21. The molecule has 1 aliphatic rings. The predicted octanol–water partition coefficient (Wildman–Crippen LogP) is 3.27. The number of fused-ring (bicyclic) bond motifs is 1. The minimum atomic E-state index is 0.130. The van der Waals surface area contributed by atoms with Gasteiger partial charge in [-0.05, 0) is 25.0 Å². The second-order valence-electron chi connectivity index (χ2n) is 6.11. The van der Waals surface area contributed by atoms with E-state index in [2.05, 4.69) is 15.0 Å². The van der Waals surface area contributed by atoms with Crippen molar-refractivity contribution < 1.29 is 9.21 Å². The summed E-state index contributed by atoms with van der Waals surface area (Å²) in [6.45, 7) is 4.38. The first-order valence-corrected chi connectivity index (χ1v) is 8.43. The Kier molecular flexibility index (Phi) is 3.80. The van der Waals surface area contributed by atoms with Crippen molar-refractivity contribution in [3.8, 4) is 0 Å². The third-order valence-corrected chi connectivity index (χ3v) is 4.57. The number of hydrogen-bond acceptors (Lipinski definition) is 5. The van der Waals surface area contributed by atoms with Gasteiger partial charge in [0.25, 0.3) is 0 Å². The van der Waals surface area contributed by atoms with E-state index in [-0.39, 0.29) is 5.78 Å². The van der Waals surface area contributed by atoms with Gasteiger partial charge in [0.1, 0.15) is 12.3 Å². The number of rotatable bonds is 5. The summed E-state index contributed by atoms with van der Waals surface area (Å²) in [6.07, 6.45) is 7.98. The summed E-state index contributed by atoms with van der Waals surface area (Å²) in [6, 6.07) is 3.78. The Morgan fingerprint density at radius 1 is 1.29 bits per heavy atom. The SMILES string of the molecule is CCC(=O)c1cnc2c(cnn2Cc2ccco2)c1N1CCCC1.